The van der Waals surface area contributed by atoms with Crippen LogP contribution in [-0.4, -0.2) is 46.4 Å². The van der Waals surface area contributed by atoms with E-state index in [1.54, 1.807) is 14.2 Å². The minimum atomic E-state index is 0.771. The lowest BCUT2D eigenvalue weighted by molar-refractivity contribution is -0.873. The van der Waals surface area contributed by atoms with Crippen molar-refractivity contribution >= 4 is 10.8 Å². The van der Waals surface area contributed by atoms with Gasteiger partial charge in [-0.2, -0.15) is 0 Å². The molecular formula is C17H26N2O2+2. The SMILES string of the molecule is COc1cc2cc[n+](CCC[N+](C)(C)C)cc2cc1OC. The van der Waals surface area contributed by atoms with Crippen molar-refractivity contribution in [1.29, 1.82) is 0 Å². The summed E-state index contributed by atoms with van der Waals surface area (Å²) < 4.78 is 14.0. The number of pyridine rings is 1. The molecule has 0 saturated heterocycles. The van der Waals surface area contributed by atoms with Crippen LogP contribution in [0.5, 0.6) is 11.5 Å². The smallest absolute Gasteiger partial charge is 0.176 e. The normalized spacial score (nSPS) is 11.7. The lowest BCUT2D eigenvalue weighted by Crippen LogP contribution is -2.39. The summed E-state index contributed by atoms with van der Waals surface area (Å²) >= 11 is 0. The van der Waals surface area contributed by atoms with Crippen molar-refractivity contribution < 1.29 is 18.5 Å². The molecule has 0 saturated carbocycles. The quantitative estimate of drug-likeness (QED) is 0.601. The maximum Gasteiger partial charge on any atom is 0.176 e. The molecule has 0 spiro atoms. The molecule has 0 aliphatic heterocycles. The Morgan fingerprint density at radius 2 is 1.62 bits per heavy atom. The van der Waals surface area contributed by atoms with Gasteiger partial charge in [-0.15, -0.1) is 0 Å². The summed E-state index contributed by atoms with van der Waals surface area (Å²) in [5.74, 6) is 1.54. The summed E-state index contributed by atoms with van der Waals surface area (Å²) in [5.41, 5.74) is 0. The molecule has 1 aromatic carbocycles. The predicted molar refractivity (Wildman–Crippen MR) is 84.8 cm³/mol. The van der Waals surface area contributed by atoms with Gasteiger partial charge in [-0.1, -0.05) is 0 Å². The number of hydrogen-bond acceptors (Lipinski definition) is 2. The molecule has 2 rings (SSSR count). The fourth-order valence-electron chi connectivity index (χ4n) is 2.43. The summed E-state index contributed by atoms with van der Waals surface area (Å²) in [5, 5.41) is 2.33. The maximum absolute atomic E-state index is 5.37. The third-order valence-corrected chi connectivity index (χ3v) is 3.58. The number of nitrogens with zero attached hydrogens (tertiary/aromatic N) is 2. The third kappa shape index (κ3) is 4.08. The molecule has 1 aromatic heterocycles. The Morgan fingerprint density at radius 3 is 2.19 bits per heavy atom. The Kier molecular flexibility index (Phi) is 4.68. The average Bonchev–Trinajstić information content (AvgIpc) is 2.44. The molecule has 0 bridgehead atoms. The van der Waals surface area contributed by atoms with Gasteiger partial charge in [-0.05, 0) is 17.5 Å². The largest absolute Gasteiger partial charge is 0.493 e. The Morgan fingerprint density at radius 1 is 1.00 bits per heavy atom. The second-order valence-corrected chi connectivity index (χ2v) is 6.39. The van der Waals surface area contributed by atoms with E-state index in [1.807, 2.05) is 12.1 Å². The highest BCUT2D eigenvalue weighted by Crippen LogP contribution is 2.31. The molecule has 1 heterocycles. The molecule has 0 N–H and O–H groups in total. The van der Waals surface area contributed by atoms with Gasteiger partial charge in [0, 0.05) is 11.5 Å². The predicted octanol–water partition coefficient (Wildman–Crippen LogP) is 2.24. The summed E-state index contributed by atoms with van der Waals surface area (Å²) in [4.78, 5) is 0. The number of rotatable bonds is 6. The number of aryl methyl sites for hydroxylation is 1. The minimum absolute atomic E-state index is 0.771. The topological polar surface area (TPSA) is 22.3 Å². The van der Waals surface area contributed by atoms with Crippen LogP contribution in [0.3, 0.4) is 0 Å². The number of quaternary nitrogens is 1. The van der Waals surface area contributed by atoms with Crippen LogP contribution in [0, 0.1) is 0 Å². The Labute approximate surface area is 127 Å². The highest BCUT2D eigenvalue weighted by Gasteiger charge is 2.11. The monoisotopic (exact) mass is 290 g/mol. The zero-order chi connectivity index (χ0) is 15.5. The molecule has 0 unspecified atom stereocenters. The van der Waals surface area contributed by atoms with Gasteiger partial charge in [0.15, 0.2) is 30.4 Å². The van der Waals surface area contributed by atoms with E-state index >= 15 is 0 Å². The van der Waals surface area contributed by atoms with E-state index in [1.165, 1.54) is 5.39 Å². The molecule has 21 heavy (non-hydrogen) atoms. The summed E-state index contributed by atoms with van der Waals surface area (Å²) in [7, 11) is 10.0. The molecule has 0 atom stereocenters. The number of aromatic nitrogens is 1. The number of ether oxygens (including phenoxy) is 2. The van der Waals surface area contributed by atoms with E-state index in [2.05, 4.69) is 44.2 Å². The van der Waals surface area contributed by atoms with Gasteiger partial charge in [-0.3, -0.25) is 0 Å². The Bertz CT molecular complexity index is 618. The molecule has 0 aliphatic carbocycles. The number of methoxy groups -OCH3 is 2. The van der Waals surface area contributed by atoms with Crippen LogP contribution in [0.25, 0.3) is 10.8 Å². The second-order valence-electron chi connectivity index (χ2n) is 6.39. The molecule has 0 radical (unpaired) electrons. The highest BCUT2D eigenvalue weighted by molar-refractivity contribution is 5.84. The molecule has 4 heteroatoms. The molecule has 2 aromatic rings. The van der Waals surface area contributed by atoms with E-state index in [0.717, 1.165) is 40.9 Å². The first-order valence-electron chi connectivity index (χ1n) is 7.28. The summed E-state index contributed by atoms with van der Waals surface area (Å²) in [6.07, 6.45) is 5.46. The van der Waals surface area contributed by atoms with Crippen LogP contribution in [0.2, 0.25) is 0 Å². The second kappa shape index (κ2) is 6.31. The van der Waals surface area contributed by atoms with E-state index in [0.29, 0.717) is 0 Å². The lowest BCUT2D eigenvalue weighted by atomic mass is 10.1. The molecule has 0 fully saturated rings. The first-order valence-corrected chi connectivity index (χ1v) is 7.28. The van der Waals surface area contributed by atoms with Crippen LogP contribution in [-0.2, 0) is 6.54 Å². The van der Waals surface area contributed by atoms with Crippen molar-refractivity contribution in [3.63, 3.8) is 0 Å². The highest BCUT2D eigenvalue weighted by atomic mass is 16.5. The maximum atomic E-state index is 5.37. The van der Waals surface area contributed by atoms with Crippen LogP contribution < -0.4 is 14.0 Å². The van der Waals surface area contributed by atoms with Crippen molar-refractivity contribution in [3.05, 3.63) is 30.6 Å². The molecule has 0 amide bonds. The summed E-state index contributed by atoms with van der Waals surface area (Å²) in [6.45, 7) is 2.19. The lowest BCUT2D eigenvalue weighted by Gasteiger charge is -2.22. The number of benzene rings is 1. The van der Waals surface area contributed by atoms with Gasteiger partial charge in [0.1, 0.15) is 0 Å². The molecule has 4 nitrogen and oxygen atoms in total. The zero-order valence-corrected chi connectivity index (χ0v) is 13.7. The van der Waals surface area contributed by atoms with Crippen molar-refractivity contribution in [2.24, 2.45) is 0 Å². The van der Waals surface area contributed by atoms with Crippen molar-refractivity contribution in [2.75, 3.05) is 41.9 Å². The van der Waals surface area contributed by atoms with Gasteiger partial charge in [0.25, 0.3) is 0 Å². The van der Waals surface area contributed by atoms with Gasteiger partial charge < -0.3 is 14.0 Å². The van der Waals surface area contributed by atoms with E-state index in [-0.39, 0.29) is 0 Å². The third-order valence-electron chi connectivity index (χ3n) is 3.58. The van der Waals surface area contributed by atoms with Crippen molar-refractivity contribution in [1.82, 2.24) is 0 Å². The van der Waals surface area contributed by atoms with E-state index < -0.39 is 0 Å². The molecule has 0 aliphatic rings. The van der Waals surface area contributed by atoms with Gasteiger partial charge in [0.05, 0.1) is 48.3 Å². The fraction of sp³-hybridized carbons (Fsp3) is 0.471. The van der Waals surface area contributed by atoms with Crippen LogP contribution in [0.1, 0.15) is 6.42 Å². The molecule has 114 valence electrons. The standard InChI is InChI=1S/C17H26N2O2/c1-19(2,3)10-6-8-18-9-7-14-11-16(20-4)17(21-5)12-15(14)13-18/h7,9,11-13H,6,8,10H2,1-5H3/q+2. The zero-order valence-electron chi connectivity index (χ0n) is 13.7. The fourth-order valence-corrected chi connectivity index (χ4v) is 2.43. The minimum Gasteiger partial charge on any atom is -0.493 e. The molecular weight excluding hydrogens is 264 g/mol. The van der Waals surface area contributed by atoms with Gasteiger partial charge in [-0.25, -0.2) is 4.57 Å². The van der Waals surface area contributed by atoms with Crippen LogP contribution >= 0.6 is 0 Å². The van der Waals surface area contributed by atoms with Crippen LogP contribution in [0.15, 0.2) is 30.6 Å². The van der Waals surface area contributed by atoms with Gasteiger partial charge in [0.2, 0.25) is 0 Å². The Hall–Kier alpha value is -1.81. The first-order chi connectivity index (χ1) is 9.93. The van der Waals surface area contributed by atoms with Crippen LogP contribution in [0.4, 0.5) is 0 Å². The average molecular weight is 290 g/mol. The first kappa shape index (κ1) is 15.6. The number of fused-ring (bicyclic) bond motifs is 1. The summed E-state index contributed by atoms with van der Waals surface area (Å²) in [6, 6.07) is 6.18. The van der Waals surface area contributed by atoms with Crippen molar-refractivity contribution in [2.45, 2.75) is 13.0 Å². The number of hydrogen-bond donors (Lipinski definition) is 0. The van der Waals surface area contributed by atoms with Crippen molar-refractivity contribution in [3.8, 4) is 11.5 Å². The van der Waals surface area contributed by atoms with E-state index in [9.17, 15) is 0 Å². The van der Waals surface area contributed by atoms with Gasteiger partial charge >= 0.3 is 0 Å². The van der Waals surface area contributed by atoms with E-state index in [4.69, 9.17) is 9.47 Å². The Balaban J connectivity index is 2.21.